The van der Waals surface area contributed by atoms with Crippen LogP contribution in [-0.2, 0) is 0 Å². The topological polar surface area (TPSA) is 73.1 Å². The molecule has 1 unspecified atom stereocenters. The molecule has 0 heterocycles. The molecule has 0 bridgehead atoms. The van der Waals surface area contributed by atoms with Crippen molar-refractivity contribution in [2.45, 2.75) is 25.8 Å². The molecule has 0 spiro atoms. The van der Waals surface area contributed by atoms with Crippen LogP contribution >= 0.6 is 0 Å². The lowest BCUT2D eigenvalue weighted by atomic mass is 10.1. The van der Waals surface area contributed by atoms with Crippen molar-refractivity contribution >= 4 is 5.91 Å². The van der Waals surface area contributed by atoms with Crippen molar-refractivity contribution in [2.75, 3.05) is 6.61 Å². The molecule has 4 nitrogen and oxygen atoms in total. The highest BCUT2D eigenvalue weighted by molar-refractivity contribution is 5.94. The fourth-order valence-corrected chi connectivity index (χ4v) is 1.51. The number of rotatable bonds is 5. The van der Waals surface area contributed by atoms with Gasteiger partial charge in [-0.1, -0.05) is 6.07 Å². The van der Waals surface area contributed by atoms with E-state index < -0.39 is 0 Å². The zero-order valence-electron chi connectivity index (χ0n) is 9.81. The van der Waals surface area contributed by atoms with E-state index in [0.29, 0.717) is 17.5 Å². The number of carbonyl (C=O) groups excluding carboxylic acids is 1. The molecule has 1 aromatic rings. The van der Waals surface area contributed by atoms with E-state index in [1.807, 2.05) is 13.0 Å². The highest BCUT2D eigenvalue weighted by Gasteiger charge is 2.09. The Morgan fingerprint density at radius 1 is 1.59 bits per heavy atom. The largest absolute Gasteiger partial charge is 0.396 e. The van der Waals surface area contributed by atoms with Gasteiger partial charge in [0.05, 0.1) is 11.6 Å². The van der Waals surface area contributed by atoms with Crippen molar-refractivity contribution in [3.8, 4) is 6.07 Å². The molecule has 1 atom stereocenters. The maximum Gasteiger partial charge on any atom is 0.251 e. The van der Waals surface area contributed by atoms with Crippen molar-refractivity contribution in [1.82, 2.24) is 5.32 Å². The van der Waals surface area contributed by atoms with Crippen LogP contribution in [0.4, 0.5) is 0 Å². The van der Waals surface area contributed by atoms with Gasteiger partial charge in [0.25, 0.3) is 5.91 Å². The maximum atomic E-state index is 11.8. The van der Waals surface area contributed by atoms with E-state index in [1.54, 1.807) is 24.3 Å². The molecule has 0 radical (unpaired) electrons. The summed E-state index contributed by atoms with van der Waals surface area (Å²) in [4.78, 5) is 11.8. The number of hydrogen-bond donors (Lipinski definition) is 2. The van der Waals surface area contributed by atoms with Gasteiger partial charge in [-0.2, -0.15) is 5.26 Å². The van der Waals surface area contributed by atoms with Crippen LogP contribution in [0.25, 0.3) is 0 Å². The van der Waals surface area contributed by atoms with Gasteiger partial charge in [-0.25, -0.2) is 0 Å². The first-order valence-electron chi connectivity index (χ1n) is 5.59. The third kappa shape index (κ3) is 4.25. The molecule has 2 N–H and O–H groups in total. The van der Waals surface area contributed by atoms with Crippen LogP contribution in [0.1, 0.15) is 35.7 Å². The molecule has 0 saturated heterocycles. The van der Waals surface area contributed by atoms with Gasteiger partial charge in [-0.15, -0.1) is 0 Å². The Kier molecular flexibility index (Phi) is 5.18. The SMILES string of the molecule is CC(CCCO)NC(=O)c1cccc(C#N)c1. The molecule has 90 valence electrons. The second-order valence-electron chi connectivity index (χ2n) is 3.93. The molecular formula is C13H16N2O2. The quantitative estimate of drug-likeness (QED) is 0.807. The number of nitrogens with zero attached hydrogens (tertiary/aromatic N) is 1. The first-order valence-corrected chi connectivity index (χ1v) is 5.59. The monoisotopic (exact) mass is 232 g/mol. The van der Waals surface area contributed by atoms with E-state index in [4.69, 9.17) is 10.4 Å². The Morgan fingerprint density at radius 3 is 3.00 bits per heavy atom. The standard InChI is InChI=1S/C13H16N2O2/c1-10(4-3-7-16)15-13(17)12-6-2-5-11(8-12)9-14/h2,5-6,8,10,16H,3-4,7H2,1H3,(H,15,17). The van der Waals surface area contributed by atoms with E-state index in [9.17, 15) is 4.79 Å². The van der Waals surface area contributed by atoms with Gasteiger partial charge in [-0.3, -0.25) is 4.79 Å². The highest BCUT2D eigenvalue weighted by Crippen LogP contribution is 2.05. The Morgan fingerprint density at radius 2 is 2.35 bits per heavy atom. The lowest BCUT2D eigenvalue weighted by molar-refractivity contribution is 0.0936. The van der Waals surface area contributed by atoms with Crippen LogP contribution in [-0.4, -0.2) is 23.7 Å². The number of carbonyl (C=O) groups is 1. The minimum atomic E-state index is -0.187. The summed E-state index contributed by atoms with van der Waals surface area (Å²) in [7, 11) is 0. The number of nitrogens with one attached hydrogen (secondary N) is 1. The van der Waals surface area contributed by atoms with Gasteiger partial charge in [0.2, 0.25) is 0 Å². The molecule has 0 aliphatic carbocycles. The van der Waals surface area contributed by atoms with Crippen LogP contribution in [0, 0.1) is 11.3 Å². The average molecular weight is 232 g/mol. The van der Waals surface area contributed by atoms with Crippen LogP contribution in [0.15, 0.2) is 24.3 Å². The van der Waals surface area contributed by atoms with Gasteiger partial charge >= 0.3 is 0 Å². The van der Waals surface area contributed by atoms with Gasteiger partial charge in [-0.05, 0) is 38.0 Å². The average Bonchev–Trinajstić information content (AvgIpc) is 2.36. The molecule has 4 heteroatoms. The fourth-order valence-electron chi connectivity index (χ4n) is 1.51. The van der Waals surface area contributed by atoms with E-state index in [-0.39, 0.29) is 18.6 Å². The predicted octanol–water partition coefficient (Wildman–Crippen LogP) is 1.45. The molecule has 0 aliphatic rings. The highest BCUT2D eigenvalue weighted by atomic mass is 16.2. The van der Waals surface area contributed by atoms with Crippen molar-refractivity contribution in [1.29, 1.82) is 5.26 Å². The zero-order chi connectivity index (χ0) is 12.7. The van der Waals surface area contributed by atoms with E-state index in [2.05, 4.69) is 5.32 Å². The van der Waals surface area contributed by atoms with Crippen LogP contribution in [0.2, 0.25) is 0 Å². The summed E-state index contributed by atoms with van der Waals surface area (Å²) in [5.74, 6) is -0.187. The van der Waals surface area contributed by atoms with Crippen LogP contribution < -0.4 is 5.32 Å². The summed E-state index contributed by atoms with van der Waals surface area (Å²) in [6, 6.07) is 8.60. The van der Waals surface area contributed by atoms with Crippen LogP contribution in [0.5, 0.6) is 0 Å². The zero-order valence-corrected chi connectivity index (χ0v) is 9.81. The van der Waals surface area contributed by atoms with E-state index in [0.717, 1.165) is 6.42 Å². The van der Waals surface area contributed by atoms with E-state index in [1.165, 1.54) is 0 Å². The minimum Gasteiger partial charge on any atom is -0.396 e. The Labute approximate surface area is 101 Å². The molecule has 0 fully saturated rings. The number of nitriles is 1. The summed E-state index contributed by atoms with van der Waals surface area (Å²) < 4.78 is 0. The summed E-state index contributed by atoms with van der Waals surface area (Å²) in [5, 5.41) is 20.2. The maximum absolute atomic E-state index is 11.8. The molecule has 1 rings (SSSR count). The fraction of sp³-hybridized carbons (Fsp3) is 0.385. The van der Waals surface area contributed by atoms with Crippen molar-refractivity contribution in [3.05, 3.63) is 35.4 Å². The molecular weight excluding hydrogens is 216 g/mol. The first kappa shape index (κ1) is 13.2. The normalized spacial score (nSPS) is 11.6. The van der Waals surface area contributed by atoms with Crippen LogP contribution in [0.3, 0.4) is 0 Å². The first-order chi connectivity index (χ1) is 8.17. The summed E-state index contributed by atoms with van der Waals surface area (Å²) in [6.45, 7) is 2.02. The van der Waals surface area contributed by atoms with Crippen molar-refractivity contribution in [3.63, 3.8) is 0 Å². The van der Waals surface area contributed by atoms with E-state index >= 15 is 0 Å². The molecule has 1 amide bonds. The number of aliphatic hydroxyl groups is 1. The molecule has 0 aliphatic heterocycles. The lowest BCUT2D eigenvalue weighted by Gasteiger charge is -2.13. The summed E-state index contributed by atoms with van der Waals surface area (Å²) in [5.41, 5.74) is 0.959. The molecule has 17 heavy (non-hydrogen) atoms. The third-order valence-corrected chi connectivity index (χ3v) is 2.43. The number of amides is 1. The van der Waals surface area contributed by atoms with Crippen molar-refractivity contribution in [2.24, 2.45) is 0 Å². The van der Waals surface area contributed by atoms with Gasteiger partial charge in [0.15, 0.2) is 0 Å². The Balaban J connectivity index is 2.60. The van der Waals surface area contributed by atoms with Gasteiger partial charge in [0.1, 0.15) is 0 Å². The Hall–Kier alpha value is -1.86. The minimum absolute atomic E-state index is 0.0143. The summed E-state index contributed by atoms with van der Waals surface area (Å²) >= 11 is 0. The molecule has 0 saturated carbocycles. The number of benzene rings is 1. The predicted molar refractivity (Wildman–Crippen MR) is 64.4 cm³/mol. The number of aliphatic hydroxyl groups excluding tert-OH is 1. The van der Waals surface area contributed by atoms with Gasteiger partial charge in [0, 0.05) is 18.2 Å². The molecule has 1 aromatic carbocycles. The Bertz CT molecular complexity index is 424. The second-order valence-corrected chi connectivity index (χ2v) is 3.93. The van der Waals surface area contributed by atoms with Gasteiger partial charge < -0.3 is 10.4 Å². The summed E-state index contributed by atoms with van der Waals surface area (Å²) in [6.07, 6.45) is 1.40. The van der Waals surface area contributed by atoms with Crippen molar-refractivity contribution < 1.29 is 9.90 Å². The molecule has 0 aromatic heterocycles. The number of hydrogen-bond acceptors (Lipinski definition) is 3. The second kappa shape index (κ2) is 6.66. The third-order valence-electron chi connectivity index (χ3n) is 2.43. The lowest BCUT2D eigenvalue weighted by Crippen LogP contribution is -2.32. The smallest absolute Gasteiger partial charge is 0.251 e.